The molecule has 0 saturated heterocycles. The summed E-state index contributed by atoms with van der Waals surface area (Å²) in [6.07, 6.45) is 1.64. The van der Waals surface area contributed by atoms with Crippen molar-refractivity contribution in [2.75, 3.05) is 0 Å². The molecule has 0 bridgehead atoms. The molecule has 0 unspecified atom stereocenters. The molecule has 0 saturated carbocycles. The molecule has 0 aliphatic rings. The summed E-state index contributed by atoms with van der Waals surface area (Å²) in [5, 5.41) is 14.3. The van der Waals surface area contributed by atoms with Gasteiger partial charge in [-0.2, -0.15) is 0 Å². The van der Waals surface area contributed by atoms with Crippen LogP contribution < -0.4 is 10.6 Å². The molecule has 0 aliphatic heterocycles. The van der Waals surface area contributed by atoms with Gasteiger partial charge in [0.05, 0.1) is 0 Å². The highest BCUT2D eigenvalue weighted by atomic mass is 16.4. The van der Waals surface area contributed by atoms with E-state index in [1.165, 1.54) is 13.0 Å². The lowest BCUT2D eigenvalue weighted by molar-refractivity contribution is -0.141. The van der Waals surface area contributed by atoms with Crippen LogP contribution in [0.15, 0.2) is 66.4 Å². The van der Waals surface area contributed by atoms with Crippen LogP contribution in [-0.4, -0.2) is 28.9 Å². The standard InChI is InChI=1S/C20H20N2O4/c1-14(23)21-17(12-15-8-4-2-5-9-15)19(24)22-18(20(25)26)13-16-10-6-3-7-11-16/h2-12,18H,13H2,1H3,(H,21,23)(H,22,24)(H,25,26)/b17-12+/t18-/m1/s1. The lowest BCUT2D eigenvalue weighted by Crippen LogP contribution is -2.45. The summed E-state index contributed by atoms with van der Waals surface area (Å²) in [7, 11) is 0. The minimum Gasteiger partial charge on any atom is -0.480 e. The number of carbonyl (C=O) groups excluding carboxylic acids is 2. The molecule has 1 atom stereocenters. The highest BCUT2D eigenvalue weighted by Crippen LogP contribution is 2.07. The van der Waals surface area contributed by atoms with Crippen molar-refractivity contribution in [3.05, 3.63) is 77.5 Å². The molecule has 6 nitrogen and oxygen atoms in total. The van der Waals surface area contributed by atoms with Crippen molar-refractivity contribution in [1.29, 1.82) is 0 Å². The summed E-state index contributed by atoms with van der Waals surface area (Å²) in [4.78, 5) is 35.5. The first-order valence-electron chi connectivity index (χ1n) is 8.07. The predicted octanol–water partition coefficient (Wildman–Crippen LogP) is 1.98. The van der Waals surface area contributed by atoms with Gasteiger partial charge in [-0.15, -0.1) is 0 Å². The number of carboxylic acids is 1. The Morgan fingerprint density at radius 2 is 1.58 bits per heavy atom. The smallest absolute Gasteiger partial charge is 0.326 e. The maximum absolute atomic E-state index is 12.5. The largest absolute Gasteiger partial charge is 0.480 e. The zero-order valence-corrected chi connectivity index (χ0v) is 14.3. The molecular weight excluding hydrogens is 332 g/mol. The summed E-state index contributed by atoms with van der Waals surface area (Å²) in [5.41, 5.74) is 1.48. The molecule has 0 aliphatic carbocycles. The van der Waals surface area contributed by atoms with Crippen LogP contribution in [0, 0.1) is 0 Å². The Labute approximate surface area is 151 Å². The van der Waals surface area contributed by atoms with Crippen molar-refractivity contribution < 1.29 is 19.5 Å². The van der Waals surface area contributed by atoms with E-state index in [1.807, 2.05) is 12.1 Å². The second-order valence-corrected chi connectivity index (χ2v) is 5.70. The molecule has 0 fully saturated rings. The van der Waals surface area contributed by atoms with Gasteiger partial charge < -0.3 is 15.7 Å². The lowest BCUT2D eigenvalue weighted by atomic mass is 10.1. The van der Waals surface area contributed by atoms with Crippen LogP contribution in [0.2, 0.25) is 0 Å². The van der Waals surface area contributed by atoms with Crippen molar-refractivity contribution in [2.45, 2.75) is 19.4 Å². The minimum atomic E-state index is -1.15. The highest BCUT2D eigenvalue weighted by Gasteiger charge is 2.22. The zero-order chi connectivity index (χ0) is 18.9. The van der Waals surface area contributed by atoms with Crippen molar-refractivity contribution in [3.63, 3.8) is 0 Å². The van der Waals surface area contributed by atoms with Crippen molar-refractivity contribution in [1.82, 2.24) is 10.6 Å². The minimum absolute atomic E-state index is 0.0111. The molecule has 26 heavy (non-hydrogen) atoms. The Morgan fingerprint density at radius 3 is 2.12 bits per heavy atom. The second-order valence-electron chi connectivity index (χ2n) is 5.70. The number of nitrogens with one attached hydrogen (secondary N) is 2. The van der Waals surface area contributed by atoms with E-state index in [0.717, 1.165) is 5.56 Å². The Morgan fingerprint density at radius 1 is 1.00 bits per heavy atom. The zero-order valence-electron chi connectivity index (χ0n) is 14.3. The Bertz CT molecular complexity index is 801. The van der Waals surface area contributed by atoms with Gasteiger partial charge in [0.1, 0.15) is 11.7 Å². The molecule has 6 heteroatoms. The van der Waals surface area contributed by atoms with Crippen LogP contribution in [0.4, 0.5) is 0 Å². The Hall–Kier alpha value is -3.41. The van der Waals surface area contributed by atoms with Crippen LogP contribution in [0.25, 0.3) is 6.08 Å². The summed E-state index contributed by atoms with van der Waals surface area (Å²) < 4.78 is 0. The number of hydrogen-bond donors (Lipinski definition) is 3. The summed E-state index contributed by atoms with van der Waals surface area (Å²) in [6.45, 7) is 1.28. The van der Waals surface area contributed by atoms with E-state index in [9.17, 15) is 19.5 Å². The number of aliphatic carboxylic acids is 1. The topological polar surface area (TPSA) is 95.5 Å². The van der Waals surface area contributed by atoms with Crippen molar-refractivity contribution >= 4 is 23.9 Å². The van der Waals surface area contributed by atoms with Crippen LogP contribution in [0.1, 0.15) is 18.1 Å². The van der Waals surface area contributed by atoms with Gasteiger partial charge in [0.25, 0.3) is 5.91 Å². The van der Waals surface area contributed by atoms with E-state index in [4.69, 9.17) is 0 Å². The quantitative estimate of drug-likeness (QED) is 0.664. The van der Waals surface area contributed by atoms with Crippen LogP contribution in [-0.2, 0) is 20.8 Å². The third kappa shape index (κ3) is 5.90. The Kier molecular flexibility index (Phi) is 6.68. The first kappa shape index (κ1) is 18.9. The molecule has 0 heterocycles. The van der Waals surface area contributed by atoms with Crippen LogP contribution in [0.5, 0.6) is 0 Å². The molecule has 2 amide bonds. The van der Waals surface area contributed by atoms with Crippen molar-refractivity contribution in [3.8, 4) is 0 Å². The van der Waals surface area contributed by atoms with E-state index >= 15 is 0 Å². The fraction of sp³-hybridized carbons (Fsp3) is 0.150. The summed E-state index contributed by atoms with van der Waals surface area (Å²) >= 11 is 0. The lowest BCUT2D eigenvalue weighted by Gasteiger charge is -2.16. The molecular formula is C20H20N2O4. The number of carbonyl (C=O) groups is 3. The van der Waals surface area contributed by atoms with Gasteiger partial charge in [-0.1, -0.05) is 60.7 Å². The van der Waals surface area contributed by atoms with Crippen LogP contribution >= 0.6 is 0 Å². The SMILES string of the molecule is CC(=O)N/C(=C/c1ccccc1)C(=O)N[C@H](Cc1ccccc1)C(=O)O. The number of amides is 2. The highest BCUT2D eigenvalue weighted by molar-refractivity contribution is 6.02. The number of hydrogen-bond acceptors (Lipinski definition) is 3. The van der Waals surface area contributed by atoms with Crippen molar-refractivity contribution in [2.24, 2.45) is 0 Å². The number of rotatable bonds is 7. The third-order valence-corrected chi connectivity index (χ3v) is 3.55. The van der Waals surface area contributed by atoms with Gasteiger partial charge in [-0.05, 0) is 17.2 Å². The van der Waals surface area contributed by atoms with Gasteiger partial charge in [0.2, 0.25) is 5.91 Å². The molecule has 0 aromatic heterocycles. The Balaban J connectivity index is 2.19. The van der Waals surface area contributed by atoms with E-state index in [2.05, 4.69) is 10.6 Å². The van der Waals surface area contributed by atoms with Gasteiger partial charge >= 0.3 is 5.97 Å². The monoisotopic (exact) mass is 352 g/mol. The predicted molar refractivity (Wildman–Crippen MR) is 97.9 cm³/mol. The molecule has 2 rings (SSSR count). The molecule has 0 spiro atoms. The average molecular weight is 352 g/mol. The van der Waals surface area contributed by atoms with Gasteiger partial charge in [0, 0.05) is 13.3 Å². The molecule has 3 N–H and O–H groups in total. The van der Waals surface area contributed by atoms with Gasteiger partial charge in [-0.3, -0.25) is 9.59 Å². The first-order chi connectivity index (χ1) is 12.5. The first-order valence-corrected chi connectivity index (χ1v) is 8.07. The second kappa shape index (κ2) is 9.17. The average Bonchev–Trinajstić information content (AvgIpc) is 2.62. The molecule has 2 aromatic rings. The van der Waals surface area contributed by atoms with Crippen LogP contribution in [0.3, 0.4) is 0 Å². The maximum atomic E-state index is 12.5. The van der Waals surface area contributed by atoms with E-state index < -0.39 is 23.8 Å². The van der Waals surface area contributed by atoms with E-state index in [0.29, 0.717) is 5.56 Å². The summed E-state index contributed by atoms with van der Waals surface area (Å²) in [6, 6.07) is 16.9. The fourth-order valence-electron chi connectivity index (χ4n) is 2.35. The maximum Gasteiger partial charge on any atom is 0.326 e. The van der Waals surface area contributed by atoms with E-state index in [-0.39, 0.29) is 12.1 Å². The molecule has 2 aromatic carbocycles. The number of carboxylic acid groups (broad SMARTS) is 1. The van der Waals surface area contributed by atoms with Gasteiger partial charge in [0.15, 0.2) is 0 Å². The normalized spacial score (nSPS) is 12.1. The summed E-state index contributed by atoms with van der Waals surface area (Å²) in [5.74, 6) is -2.23. The van der Waals surface area contributed by atoms with Gasteiger partial charge in [-0.25, -0.2) is 4.79 Å². The third-order valence-electron chi connectivity index (χ3n) is 3.55. The van der Waals surface area contributed by atoms with E-state index in [1.54, 1.807) is 48.5 Å². The fourth-order valence-corrected chi connectivity index (χ4v) is 2.35. The molecule has 0 radical (unpaired) electrons. The molecule has 134 valence electrons. The number of benzene rings is 2.